The highest BCUT2D eigenvalue weighted by Crippen LogP contribution is 2.19. The molecule has 3 rings (SSSR count). The molecule has 6 heteroatoms. The Balaban J connectivity index is 1.89. The molecule has 0 saturated carbocycles. The van der Waals surface area contributed by atoms with Gasteiger partial charge in [-0.15, -0.1) is 0 Å². The van der Waals surface area contributed by atoms with Crippen molar-refractivity contribution in [2.75, 3.05) is 0 Å². The van der Waals surface area contributed by atoms with Crippen molar-refractivity contribution in [1.29, 1.82) is 0 Å². The number of rotatable bonds is 4. The minimum atomic E-state index is -0.895. The maximum absolute atomic E-state index is 10.5. The first-order valence-corrected chi connectivity index (χ1v) is 6.12. The van der Waals surface area contributed by atoms with Crippen molar-refractivity contribution < 1.29 is 14.4 Å². The summed E-state index contributed by atoms with van der Waals surface area (Å²) in [5, 5.41) is 14.5. The summed E-state index contributed by atoms with van der Waals surface area (Å²) >= 11 is 0. The predicted molar refractivity (Wildman–Crippen MR) is 71.0 cm³/mol. The van der Waals surface area contributed by atoms with Gasteiger partial charge in [0.05, 0.1) is 6.42 Å². The third-order valence-electron chi connectivity index (χ3n) is 2.88. The van der Waals surface area contributed by atoms with Crippen LogP contribution < -0.4 is 0 Å². The zero-order valence-corrected chi connectivity index (χ0v) is 10.5. The summed E-state index contributed by atoms with van der Waals surface area (Å²) in [6.45, 7) is 0. The minimum Gasteiger partial charge on any atom is -0.481 e. The summed E-state index contributed by atoms with van der Waals surface area (Å²) < 4.78 is 5.02. The molecule has 2 heterocycles. The first-order valence-electron chi connectivity index (χ1n) is 6.12. The first kappa shape index (κ1) is 12.3. The Bertz CT molecular complexity index is 767. The SMILES string of the molecule is O=C(O)CCc1nc(-c2cc3ccccc3cn2)no1. The number of fused-ring (bicyclic) bond motifs is 1. The number of hydrogen-bond donors (Lipinski definition) is 1. The highest BCUT2D eigenvalue weighted by Gasteiger charge is 2.11. The lowest BCUT2D eigenvalue weighted by Gasteiger charge is -1.98. The molecule has 0 bridgehead atoms. The number of aliphatic carboxylic acids is 1. The fourth-order valence-corrected chi connectivity index (χ4v) is 1.88. The van der Waals surface area contributed by atoms with Gasteiger partial charge < -0.3 is 9.63 Å². The van der Waals surface area contributed by atoms with Crippen molar-refractivity contribution in [3.63, 3.8) is 0 Å². The smallest absolute Gasteiger partial charge is 0.303 e. The fraction of sp³-hybridized carbons (Fsp3) is 0.143. The van der Waals surface area contributed by atoms with Crippen LogP contribution in [0.15, 0.2) is 41.1 Å². The largest absolute Gasteiger partial charge is 0.481 e. The highest BCUT2D eigenvalue weighted by atomic mass is 16.5. The Morgan fingerprint density at radius 3 is 2.85 bits per heavy atom. The van der Waals surface area contributed by atoms with Gasteiger partial charge in [-0.3, -0.25) is 9.78 Å². The van der Waals surface area contributed by atoms with Gasteiger partial charge in [0.2, 0.25) is 11.7 Å². The van der Waals surface area contributed by atoms with Crippen LogP contribution in [0.3, 0.4) is 0 Å². The summed E-state index contributed by atoms with van der Waals surface area (Å²) in [6, 6.07) is 9.72. The Morgan fingerprint density at radius 1 is 1.25 bits per heavy atom. The maximum atomic E-state index is 10.5. The van der Waals surface area contributed by atoms with Crippen LogP contribution in [-0.4, -0.2) is 26.2 Å². The van der Waals surface area contributed by atoms with E-state index < -0.39 is 5.97 Å². The van der Waals surface area contributed by atoms with Crippen molar-refractivity contribution in [3.8, 4) is 11.5 Å². The third kappa shape index (κ3) is 2.49. The number of carboxylic acid groups (broad SMARTS) is 1. The van der Waals surface area contributed by atoms with E-state index >= 15 is 0 Å². The molecule has 100 valence electrons. The summed E-state index contributed by atoms with van der Waals surface area (Å²) in [5.74, 6) is -0.220. The standard InChI is InChI=1S/C14H11N3O3/c18-13(19)6-5-12-16-14(17-20-12)11-7-9-3-1-2-4-10(9)8-15-11/h1-4,7-8H,5-6H2,(H,18,19). The number of carbonyl (C=O) groups is 1. The number of carboxylic acids is 1. The Kier molecular flexibility index (Phi) is 3.12. The summed E-state index contributed by atoms with van der Waals surface area (Å²) in [4.78, 5) is 18.9. The van der Waals surface area contributed by atoms with Crippen LogP contribution in [-0.2, 0) is 11.2 Å². The van der Waals surface area contributed by atoms with Gasteiger partial charge in [-0.1, -0.05) is 29.4 Å². The van der Waals surface area contributed by atoms with Crippen LogP contribution in [0, 0.1) is 0 Å². The lowest BCUT2D eigenvalue weighted by molar-refractivity contribution is -0.137. The van der Waals surface area contributed by atoms with E-state index in [-0.39, 0.29) is 12.8 Å². The molecule has 1 aromatic carbocycles. The number of pyridine rings is 1. The van der Waals surface area contributed by atoms with Gasteiger partial charge in [-0.25, -0.2) is 0 Å². The normalized spacial score (nSPS) is 10.8. The maximum Gasteiger partial charge on any atom is 0.303 e. The second-order valence-electron chi connectivity index (χ2n) is 4.32. The molecular formula is C14H11N3O3. The molecule has 3 aromatic rings. The molecule has 0 aliphatic carbocycles. The lowest BCUT2D eigenvalue weighted by atomic mass is 10.1. The molecule has 1 N–H and O–H groups in total. The van der Waals surface area contributed by atoms with E-state index in [1.54, 1.807) is 6.20 Å². The van der Waals surface area contributed by atoms with Crippen molar-refractivity contribution in [3.05, 3.63) is 42.4 Å². The van der Waals surface area contributed by atoms with E-state index in [2.05, 4.69) is 15.1 Å². The molecule has 6 nitrogen and oxygen atoms in total. The molecule has 0 aliphatic rings. The molecule has 0 fully saturated rings. The van der Waals surface area contributed by atoms with E-state index in [0.717, 1.165) is 10.8 Å². The van der Waals surface area contributed by atoms with Gasteiger partial charge in [0.25, 0.3) is 0 Å². The van der Waals surface area contributed by atoms with E-state index in [0.29, 0.717) is 17.4 Å². The Hall–Kier alpha value is -2.76. The molecular weight excluding hydrogens is 258 g/mol. The van der Waals surface area contributed by atoms with Crippen LogP contribution >= 0.6 is 0 Å². The molecule has 0 amide bonds. The van der Waals surface area contributed by atoms with Crippen LogP contribution in [0.5, 0.6) is 0 Å². The zero-order chi connectivity index (χ0) is 13.9. The van der Waals surface area contributed by atoms with Crippen LogP contribution in [0.25, 0.3) is 22.3 Å². The van der Waals surface area contributed by atoms with Gasteiger partial charge in [0, 0.05) is 18.0 Å². The van der Waals surface area contributed by atoms with Crippen molar-refractivity contribution in [1.82, 2.24) is 15.1 Å². The Morgan fingerprint density at radius 2 is 2.05 bits per heavy atom. The quantitative estimate of drug-likeness (QED) is 0.781. The second-order valence-corrected chi connectivity index (χ2v) is 4.32. The topological polar surface area (TPSA) is 89.1 Å². The van der Waals surface area contributed by atoms with Gasteiger partial charge in [0.15, 0.2) is 0 Å². The highest BCUT2D eigenvalue weighted by molar-refractivity contribution is 5.84. The number of benzene rings is 1. The summed E-state index contributed by atoms with van der Waals surface area (Å²) in [7, 11) is 0. The molecule has 0 saturated heterocycles. The Labute approximate surface area is 114 Å². The molecule has 0 atom stereocenters. The average molecular weight is 269 g/mol. The molecule has 0 radical (unpaired) electrons. The van der Waals surface area contributed by atoms with Crippen LogP contribution in [0.2, 0.25) is 0 Å². The first-order chi connectivity index (χ1) is 9.72. The molecule has 0 spiro atoms. The van der Waals surface area contributed by atoms with Crippen LogP contribution in [0.4, 0.5) is 0 Å². The van der Waals surface area contributed by atoms with Gasteiger partial charge in [-0.2, -0.15) is 4.98 Å². The van der Waals surface area contributed by atoms with Gasteiger partial charge >= 0.3 is 5.97 Å². The van der Waals surface area contributed by atoms with E-state index in [9.17, 15) is 4.79 Å². The molecule has 2 aromatic heterocycles. The summed E-state index contributed by atoms with van der Waals surface area (Å²) in [5.41, 5.74) is 0.606. The van der Waals surface area contributed by atoms with Crippen molar-refractivity contribution in [2.24, 2.45) is 0 Å². The van der Waals surface area contributed by atoms with E-state index in [1.165, 1.54) is 0 Å². The van der Waals surface area contributed by atoms with Gasteiger partial charge in [0.1, 0.15) is 5.69 Å². The number of aryl methyl sites for hydroxylation is 1. The molecule has 20 heavy (non-hydrogen) atoms. The number of hydrogen-bond acceptors (Lipinski definition) is 5. The number of aromatic nitrogens is 3. The predicted octanol–water partition coefficient (Wildman–Crippen LogP) is 2.30. The monoisotopic (exact) mass is 269 g/mol. The fourth-order valence-electron chi connectivity index (χ4n) is 1.88. The van der Waals surface area contributed by atoms with Gasteiger partial charge in [-0.05, 0) is 11.5 Å². The molecule has 0 aliphatic heterocycles. The number of nitrogens with zero attached hydrogens (tertiary/aromatic N) is 3. The third-order valence-corrected chi connectivity index (χ3v) is 2.88. The lowest BCUT2D eigenvalue weighted by Crippen LogP contribution is -1.97. The van der Waals surface area contributed by atoms with Crippen molar-refractivity contribution >= 4 is 16.7 Å². The zero-order valence-electron chi connectivity index (χ0n) is 10.5. The average Bonchev–Trinajstić information content (AvgIpc) is 2.93. The van der Waals surface area contributed by atoms with E-state index in [4.69, 9.17) is 9.63 Å². The molecule has 0 unspecified atom stereocenters. The van der Waals surface area contributed by atoms with E-state index in [1.807, 2.05) is 30.3 Å². The summed E-state index contributed by atoms with van der Waals surface area (Å²) in [6.07, 6.45) is 1.93. The second kappa shape index (κ2) is 5.08. The minimum absolute atomic E-state index is 0.0349. The van der Waals surface area contributed by atoms with Crippen LogP contribution in [0.1, 0.15) is 12.3 Å². The van der Waals surface area contributed by atoms with Crippen molar-refractivity contribution in [2.45, 2.75) is 12.8 Å².